The van der Waals surface area contributed by atoms with Crippen molar-refractivity contribution in [1.82, 2.24) is 0 Å². The second-order valence-corrected chi connectivity index (χ2v) is 9.01. The topological polar surface area (TPSA) is 9.23 Å². The van der Waals surface area contributed by atoms with E-state index in [1.807, 2.05) is 26.0 Å². The largest absolute Gasteiger partial charge is 0.373 e. The average Bonchev–Trinajstić information content (AvgIpc) is 2.86. The second-order valence-electron chi connectivity index (χ2n) is 9.01. The van der Waals surface area contributed by atoms with Crippen LogP contribution in [0.5, 0.6) is 0 Å². The Morgan fingerprint density at radius 1 is 0.882 bits per heavy atom. The standard InChI is InChI=1S/C30H31F3O/c1-3-5-7-23-13-16-26(30(33)29(23)32)22-11-9-21(10-12-22)25-15-14-24(18-27(25)31)28-17-8-20(6-4-2)19-34-28/h4,6,9-16,18,20,28H,3,5,7-8,17,19H2,1-2H3. The fourth-order valence-electron chi connectivity index (χ4n) is 4.63. The highest BCUT2D eigenvalue weighted by atomic mass is 19.2. The highest BCUT2D eigenvalue weighted by Crippen LogP contribution is 2.34. The van der Waals surface area contributed by atoms with Crippen LogP contribution >= 0.6 is 0 Å². The van der Waals surface area contributed by atoms with Gasteiger partial charge in [-0.25, -0.2) is 13.2 Å². The van der Waals surface area contributed by atoms with Gasteiger partial charge in [0.15, 0.2) is 11.6 Å². The van der Waals surface area contributed by atoms with Crippen molar-refractivity contribution < 1.29 is 17.9 Å². The van der Waals surface area contributed by atoms with Crippen molar-refractivity contribution in [2.45, 2.75) is 52.1 Å². The summed E-state index contributed by atoms with van der Waals surface area (Å²) in [7, 11) is 0. The van der Waals surface area contributed by atoms with E-state index >= 15 is 0 Å². The first-order valence-electron chi connectivity index (χ1n) is 12.1. The Morgan fingerprint density at radius 3 is 2.21 bits per heavy atom. The van der Waals surface area contributed by atoms with E-state index in [0.29, 0.717) is 41.2 Å². The van der Waals surface area contributed by atoms with E-state index in [0.717, 1.165) is 31.2 Å². The zero-order valence-corrected chi connectivity index (χ0v) is 19.8. The van der Waals surface area contributed by atoms with Crippen molar-refractivity contribution in [1.29, 1.82) is 0 Å². The molecule has 0 N–H and O–H groups in total. The highest BCUT2D eigenvalue weighted by molar-refractivity contribution is 5.71. The van der Waals surface area contributed by atoms with E-state index in [4.69, 9.17) is 4.74 Å². The van der Waals surface area contributed by atoms with Gasteiger partial charge in [-0.3, -0.25) is 0 Å². The van der Waals surface area contributed by atoms with Gasteiger partial charge in [-0.1, -0.05) is 74.0 Å². The first kappa shape index (κ1) is 24.3. The van der Waals surface area contributed by atoms with Crippen LogP contribution in [0, 0.1) is 23.4 Å². The lowest BCUT2D eigenvalue weighted by atomic mass is 9.93. The van der Waals surface area contributed by atoms with Crippen LogP contribution in [0.15, 0.2) is 66.7 Å². The third-order valence-electron chi connectivity index (χ3n) is 6.61. The lowest BCUT2D eigenvalue weighted by Crippen LogP contribution is -2.19. The third kappa shape index (κ3) is 5.28. The van der Waals surface area contributed by atoms with Crippen LogP contribution in [0.2, 0.25) is 0 Å². The molecule has 1 nitrogen and oxygen atoms in total. The van der Waals surface area contributed by atoms with Gasteiger partial charge in [0.1, 0.15) is 5.82 Å². The highest BCUT2D eigenvalue weighted by Gasteiger charge is 2.22. The van der Waals surface area contributed by atoms with Crippen LogP contribution in [0.1, 0.15) is 56.8 Å². The molecule has 34 heavy (non-hydrogen) atoms. The molecule has 1 fully saturated rings. The molecule has 2 atom stereocenters. The fourth-order valence-corrected chi connectivity index (χ4v) is 4.63. The van der Waals surface area contributed by atoms with Gasteiger partial charge < -0.3 is 4.74 Å². The second kappa shape index (κ2) is 11.1. The van der Waals surface area contributed by atoms with Gasteiger partial charge >= 0.3 is 0 Å². The molecule has 0 radical (unpaired) electrons. The molecule has 0 spiro atoms. The lowest BCUT2D eigenvalue weighted by Gasteiger charge is -2.28. The van der Waals surface area contributed by atoms with Crippen LogP contribution in [0.4, 0.5) is 13.2 Å². The number of rotatable bonds is 7. The Kier molecular flexibility index (Phi) is 7.89. The summed E-state index contributed by atoms with van der Waals surface area (Å²) in [5.74, 6) is -1.50. The molecule has 4 rings (SSSR count). The molecule has 178 valence electrons. The maximum atomic E-state index is 15.0. The van der Waals surface area contributed by atoms with Crippen LogP contribution in [-0.2, 0) is 11.2 Å². The Labute approximate surface area is 200 Å². The maximum absolute atomic E-state index is 15.0. The van der Waals surface area contributed by atoms with Crippen molar-refractivity contribution in [2.24, 2.45) is 5.92 Å². The summed E-state index contributed by atoms with van der Waals surface area (Å²) >= 11 is 0. The zero-order chi connectivity index (χ0) is 24.1. The zero-order valence-electron chi connectivity index (χ0n) is 19.8. The molecule has 0 aliphatic carbocycles. The number of unbranched alkanes of at least 4 members (excludes halogenated alkanes) is 1. The van der Waals surface area contributed by atoms with Gasteiger partial charge in [0, 0.05) is 17.0 Å². The van der Waals surface area contributed by atoms with Crippen molar-refractivity contribution in [3.05, 3.63) is 95.3 Å². The van der Waals surface area contributed by atoms with Crippen molar-refractivity contribution >= 4 is 0 Å². The fraction of sp³-hybridized carbons (Fsp3) is 0.333. The molecule has 1 aliphatic heterocycles. The summed E-state index contributed by atoms with van der Waals surface area (Å²) < 4.78 is 50.1. The molecular formula is C30H31F3O. The van der Waals surface area contributed by atoms with Crippen LogP contribution in [0.25, 0.3) is 22.3 Å². The minimum absolute atomic E-state index is 0.0920. The Morgan fingerprint density at radius 2 is 1.59 bits per heavy atom. The summed E-state index contributed by atoms with van der Waals surface area (Å²) in [4.78, 5) is 0. The smallest absolute Gasteiger partial charge is 0.166 e. The Hall–Kier alpha value is -2.85. The molecule has 0 bridgehead atoms. The molecule has 0 amide bonds. The number of hydrogen-bond acceptors (Lipinski definition) is 1. The van der Waals surface area contributed by atoms with Gasteiger partial charge in [-0.2, -0.15) is 0 Å². The molecular weight excluding hydrogens is 433 g/mol. The Bertz CT molecular complexity index is 1140. The van der Waals surface area contributed by atoms with Gasteiger partial charge in [-0.05, 0) is 60.9 Å². The third-order valence-corrected chi connectivity index (χ3v) is 6.61. The number of aryl methyl sites for hydroxylation is 1. The van der Waals surface area contributed by atoms with E-state index in [1.54, 1.807) is 48.5 Å². The van der Waals surface area contributed by atoms with E-state index < -0.39 is 11.6 Å². The minimum Gasteiger partial charge on any atom is -0.373 e. The predicted octanol–water partition coefficient (Wildman–Crippen LogP) is 8.82. The van der Waals surface area contributed by atoms with Crippen molar-refractivity contribution in [3.63, 3.8) is 0 Å². The molecule has 1 saturated heterocycles. The van der Waals surface area contributed by atoms with E-state index in [2.05, 4.69) is 6.08 Å². The van der Waals surface area contributed by atoms with Gasteiger partial charge in [0.25, 0.3) is 0 Å². The summed E-state index contributed by atoms with van der Waals surface area (Å²) in [5, 5.41) is 0. The lowest BCUT2D eigenvalue weighted by molar-refractivity contribution is -0.00538. The maximum Gasteiger partial charge on any atom is 0.166 e. The van der Waals surface area contributed by atoms with E-state index in [1.165, 1.54) is 0 Å². The van der Waals surface area contributed by atoms with E-state index in [-0.39, 0.29) is 17.5 Å². The molecule has 3 aromatic carbocycles. The summed E-state index contributed by atoms with van der Waals surface area (Å²) in [6, 6.07) is 15.4. The van der Waals surface area contributed by atoms with Gasteiger partial charge in [0.2, 0.25) is 0 Å². The quantitative estimate of drug-likeness (QED) is 0.317. The van der Waals surface area contributed by atoms with Gasteiger partial charge in [0.05, 0.1) is 12.7 Å². The molecule has 2 unspecified atom stereocenters. The number of benzene rings is 3. The number of allylic oxidation sites excluding steroid dienone is 1. The summed E-state index contributed by atoms with van der Waals surface area (Å²) in [6.45, 7) is 4.67. The molecule has 0 saturated carbocycles. The SMILES string of the molecule is CC=CC1CCC(c2ccc(-c3ccc(-c4ccc(CCCC)c(F)c4F)cc3)c(F)c2)OC1. The first-order valence-corrected chi connectivity index (χ1v) is 12.1. The average molecular weight is 465 g/mol. The van der Waals surface area contributed by atoms with Crippen LogP contribution < -0.4 is 0 Å². The number of hydrogen-bond donors (Lipinski definition) is 0. The van der Waals surface area contributed by atoms with Crippen molar-refractivity contribution in [2.75, 3.05) is 6.61 Å². The minimum atomic E-state index is -0.832. The van der Waals surface area contributed by atoms with Crippen molar-refractivity contribution in [3.8, 4) is 22.3 Å². The number of ether oxygens (including phenoxy) is 1. The molecule has 1 heterocycles. The molecule has 3 aromatic rings. The van der Waals surface area contributed by atoms with Crippen LogP contribution in [-0.4, -0.2) is 6.61 Å². The molecule has 4 heteroatoms. The summed E-state index contributed by atoms with van der Waals surface area (Å²) in [6.07, 6.45) is 8.26. The predicted molar refractivity (Wildman–Crippen MR) is 132 cm³/mol. The molecule has 0 aromatic heterocycles. The van der Waals surface area contributed by atoms with Gasteiger partial charge in [-0.15, -0.1) is 0 Å². The normalized spacial score (nSPS) is 18.5. The molecule has 1 aliphatic rings. The Balaban J connectivity index is 1.51. The van der Waals surface area contributed by atoms with Crippen LogP contribution in [0.3, 0.4) is 0 Å². The van der Waals surface area contributed by atoms with E-state index in [9.17, 15) is 13.2 Å². The first-order chi connectivity index (χ1) is 16.5. The summed E-state index contributed by atoms with van der Waals surface area (Å²) in [5.41, 5.74) is 3.18. The number of halogens is 3. The monoisotopic (exact) mass is 464 g/mol.